The van der Waals surface area contributed by atoms with Gasteiger partial charge in [0.1, 0.15) is 18.7 Å². The van der Waals surface area contributed by atoms with Gasteiger partial charge in [0.15, 0.2) is 0 Å². The molecular weight excluding hydrogens is 342 g/mol. The Morgan fingerprint density at radius 1 is 1.12 bits per heavy atom. The van der Waals surface area contributed by atoms with Gasteiger partial charge >= 0.3 is 12.1 Å². The van der Waals surface area contributed by atoms with Crippen LogP contribution in [0.4, 0.5) is 4.79 Å². The van der Waals surface area contributed by atoms with Gasteiger partial charge in [-0.2, -0.15) is 0 Å². The lowest BCUT2D eigenvalue weighted by atomic mass is 10.1. The molecule has 1 unspecified atom stereocenters. The summed E-state index contributed by atoms with van der Waals surface area (Å²) in [6.07, 6.45) is -0.714. The summed E-state index contributed by atoms with van der Waals surface area (Å²) in [5.41, 5.74) is 5.94. The van der Waals surface area contributed by atoms with Crippen molar-refractivity contribution in [3.8, 4) is 0 Å². The van der Waals surface area contributed by atoms with Crippen LogP contribution >= 0.6 is 0 Å². The average Bonchev–Trinajstić information content (AvgIpc) is 2.59. The normalized spacial score (nSPS) is 12.5. The second kappa shape index (κ2) is 10.7. The number of benzene rings is 1. The van der Waals surface area contributed by atoms with Crippen LogP contribution in [0.25, 0.3) is 0 Å². The smallest absolute Gasteiger partial charge is 0.408 e. The Labute approximate surface area is 150 Å². The summed E-state index contributed by atoms with van der Waals surface area (Å²) >= 11 is 0. The molecule has 0 aliphatic rings. The standard InChI is InChI=1S/C17H23N3O6/c1-2-6-12(15(18)23)19-16(24)13(9-14(21)22)20-17(25)26-10-11-7-4-3-5-8-11/h3-5,7-8,12-13H,2,6,9-10H2,1H3,(H2,18,23)(H,19,24)(H,20,25)(H,21,22)/t12?,13-/m0/s1. The highest BCUT2D eigenvalue weighted by Crippen LogP contribution is 2.03. The van der Waals surface area contributed by atoms with Crippen LogP contribution < -0.4 is 16.4 Å². The van der Waals surface area contributed by atoms with Crippen molar-refractivity contribution in [1.82, 2.24) is 10.6 Å². The number of amides is 3. The summed E-state index contributed by atoms with van der Waals surface area (Å²) in [5, 5.41) is 13.5. The third-order valence-corrected chi connectivity index (χ3v) is 3.44. The second-order valence-corrected chi connectivity index (χ2v) is 5.61. The van der Waals surface area contributed by atoms with Gasteiger partial charge in [0.05, 0.1) is 6.42 Å². The molecule has 0 aliphatic heterocycles. The number of ether oxygens (including phenoxy) is 1. The molecule has 0 aromatic heterocycles. The number of primary amides is 1. The fourth-order valence-corrected chi connectivity index (χ4v) is 2.14. The summed E-state index contributed by atoms with van der Waals surface area (Å²) in [5.74, 6) is -2.85. The highest BCUT2D eigenvalue weighted by Gasteiger charge is 2.27. The zero-order valence-electron chi connectivity index (χ0n) is 14.4. The number of hydrogen-bond donors (Lipinski definition) is 4. The summed E-state index contributed by atoms with van der Waals surface area (Å²) in [7, 11) is 0. The summed E-state index contributed by atoms with van der Waals surface area (Å²) in [6.45, 7) is 1.77. The first-order valence-corrected chi connectivity index (χ1v) is 8.12. The number of carboxylic acids is 1. The Morgan fingerprint density at radius 2 is 1.77 bits per heavy atom. The van der Waals surface area contributed by atoms with Crippen LogP contribution in [0.1, 0.15) is 31.7 Å². The summed E-state index contributed by atoms with van der Waals surface area (Å²) in [4.78, 5) is 46.4. The number of nitrogens with two attached hydrogens (primary N) is 1. The zero-order valence-corrected chi connectivity index (χ0v) is 14.4. The highest BCUT2D eigenvalue weighted by molar-refractivity contribution is 5.92. The number of carbonyl (C=O) groups excluding carboxylic acids is 3. The predicted molar refractivity (Wildman–Crippen MR) is 91.8 cm³/mol. The van der Waals surface area contributed by atoms with Crippen LogP contribution in [0.15, 0.2) is 30.3 Å². The molecule has 9 heteroatoms. The van der Waals surface area contributed by atoms with E-state index in [1.165, 1.54) is 0 Å². The minimum atomic E-state index is -1.39. The van der Waals surface area contributed by atoms with Crippen molar-refractivity contribution < 1.29 is 29.0 Å². The number of hydrogen-bond acceptors (Lipinski definition) is 5. The van der Waals surface area contributed by atoms with Crippen LogP contribution in [0, 0.1) is 0 Å². The molecule has 0 fully saturated rings. The van der Waals surface area contributed by atoms with Crippen LogP contribution in [-0.2, 0) is 25.7 Å². The Hall–Kier alpha value is -3.10. The van der Waals surface area contributed by atoms with Crippen LogP contribution in [-0.4, -0.2) is 41.1 Å². The molecule has 0 saturated carbocycles. The molecule has 1 aromatic carbocycles. The second-order valence-electron chi connectivity index (χ2n) is 5.61. The van der Waals surface area contributed by atoms with Crippen molar-refractivity contribution in [2.45, 2.75) is 44.9 Å². The first kappa shape index (κ1) is 20.9. The lowest BCUT2D eigenvalue weighted by Gasteiger charge is -2.20. The maximum absolute atomic E-state index is 12.2. The molecule has 0 saturated heterocycles. The first-order valence-electron chi connectivity index (χ1n) is 8.12. The molecule has 1 aromatic rings. The lowest BCUT2D eigenvalue weighted by molar-refractivity contribution is -0.140. The third-order valence-electron chi connectivity index (χ3n) is 3.44. The van der Waals surface area contributed by atoms with Crippen molar-refractivity contribution in [3.63, 3.8) is 0 Å². The van der Waals surface area contributed by atoms with Gasteiger partial charge in [0, 0.05) is 0 Å². The van der Waals surface area contributed by atoms with Crippen molar-refractivity contribution in [2.75, 3.05) is 0 Å². The molecule has 142 valence electrons. The van der Waals surface area contributed by atoms with Crippen molar-refractivity contribution in [1.29, 1.82) is 0 Å². The van der Waals surface area contributed by atoms with Gasteiger partial charge in [-0.1, -0.05) is 43.7 Å². The van der Waals surface area contributed by atoms with E-state index in [2.05, 4.69) is 10.6 Å². The largest absolute Gasteiger partial charge is 0.481 e. The number of rotatable bonds is 10. The maximum Gasteiger partial charge on any atom is 0.408 e. The molecule has 26 heavy (non-hydrogen) atoms. The monoisotopic (exact) mass is 365 g/mol. The zero-order chi connectivity index (χ0) is 19.5. The van der Waals surface area contributed by atoms with Gasteiger partial charge in [-0.05, 0) is 12.0 Å². The minimum absolute atomic E-state index is 0.0339. The van der Waals surface area contributed by atoms with Crippen LogP contribution in [0.3, 0.4) is 0 Å². The fourth-order valence-electron chi connectivity index (χ4n) is 2.14. The Kier molecular flexibility index (Phi) is 8.62. The average molecular weight is 365 g/mol. The molecule has 1 rings (SSSR count). The molecule has 2 atom stereocenters. The third kappa shape index (κ3) is 7.65. The number of carbonyl (C=O) groups is 4. The van der Waals surface area contributed by atoms with E-state index in [0.29, 0.717) is 12.8 Å². The summed E-state index contributed by atoms with van der Waals surface area (Å²) < 4.78 is 4.98. The minimum Gasteiger partial charge on any atom is -0.481 e. The maximum atomic E-state index is 12.2. The quantitative estimate of drug-likeness (QED) is 0.475. The van der Waals surface area contributed by atoms with E-state index in [9.17, 15) is 19.2 Å². The summed E-state index contributed by atoms with van der Waals surface area (Å²) in [6, 6.07) is 6.51. The van der Waals surface area contributed by atoms with Gasteiger partial charge in [-0.25, -0.2) is 4.79 Å². The Balaban J connectivity index is 2.66. The van der Waals surface area contributed by atoms with Gasteiger partial charge in [0.2, 0.25) is 11.8 Å². The molecule has 0 spiro atoms. The predicted octanol–water partition coefficient (Wildman–Crippen LogP) is 0.526. The first-order chi connectivity index (χ1) is 12.3. The fraction of sp³-hybridized carbons (Fsp3) is 0.412. The topological polar surface area (TPSA) is 148 Å². The lowest BCUT2D eigenvalue weighted by Crippen LogP contribution is -2.53. The van der Waals surface area contributed by atoms with E-state index >= 15 is 0 Å². The van der Waals surface area contributed by atoms with E-state index in [1.54, 1.807) is 31.2 Å². The van der Waals surface area contributed by atoms with Crippen LogP contribution in [0.5, 0.6) is 0 Å². The van der Waals surface area contributed by atoms with Crippen molar-refractivity contribution in [3.05, 3.63) is 35.9 Å². The highest BCUT2D eigenvalue weighted by atomic mass is 16.5. The van der Waals surface area contributed by atoms with Gasteiger partial charge in [-0.3, -0.25) is 14.4 Å². The van der Waals surface area contributed by atoms with Gasteiger partial charge in [0.25, 0.3) is 0 Å². The van der Waals surface area contributed by atoms with Gasteiger partial charge in [-0.15, -0.1) is 0 Å². The molecule has 5 N–H and O–H groups in total. The van der Waals surface area contributed by atoms with Crippen LogP contribution in [0.2, 0.25) is 0 Å². The molecule has 0 bridgehead atoms. The number of alkyl carbamates (subject to hydrolysis) is 1. The van der Waals surface area contributed by atoms with E-state index in [4.69, 9.17) is 15.6 Å². The molecule has 0 radical (unpaired) electrons. The Bertz CT molecular complexity index is 635. The number of nitrogens with one attached hydrogen (secondary N) is 2. The SMILES string of the molecule is CCCC(NC(=O)[C@H](CC(=O)O)NC(=O)OCc1ccccc1)C(N)=O. The van der Waals surface area contributed by atoms with Gasteiger partial charge < -0.3 is 26.2 Å². The Morgan fingerprint density at radius 3 is 2.31 bits per heavy atom. The van der Waals surface area contributed by atoms with Crippen molar-refractivity contribution in [2.24, 2.45) is 5.73 Å². The van der Waals surface area contributed by atoms with Crippen molar-refractivity contribution >= 4 is 23.9 Å². The molecular formula is C17H23N3O6. The molecule has 0 aliphatic carbocycles. The molecule has 0 heterocycles. The molecule has 9 nitrogen and oxygen atoms in total. The van der Waals surface area contributed by atoms with E-state index in [-0.39, 0.29) is 6.61 Å². The number of carboxylic acid groups (broad SMARTS) is 1. The molecule has 3 amide bonds. The van der Waals surface area contributed by atoms with E-state index in [0.717, 1.165) is 5.56 Å². The number of aliphatic carboxylic acids is 1. The van der Waals surface area contributed by atoms with E-state index < -0.39 is 42.4 Å². The van der Waals surface area contributed by atoms with E-state index in [1.807, 2.05) is 6.07 Å².